The third kappa shape index (κ3) is 5.19. The zero-order valence-electron chi connectivity index (χ0n) is 15.0. The lowest BCUT2D eigenvalue weighted by atomic mass is 9.87. The van der Waals surface area contributed by atoms with Gasteiger partial charge in [-0.2, -0.15) is 0 Å². The molecular formula is C18H25N3O5. The molecule has 1 heterocycles. The fraction of sp³-hybridized carbons (Fsp3) is 0.500. The summed E-state index contributed by atoms with van der Waals surface area (Å²) in [5, 5.41) is 14.7. The van der Waals surface area contributed by atoms with Crippen LogP contribution in [0.3, 0.4) is 0 Å². The lowest BCUT2D eigenvalue weighted by molar-refractivity contribution is -0.145. The van der Waals surface area contributed by atoms with Gasteiger partial charge in [-0.15, -0.1) is 0 Å². The van der Waals surface area contributed by atoms with Gasteiger partial charge in [0.25, 0.3) is 5.91 Å². The van der Waals surface area contributed by atoms with Crippen molar-refractivity contribution in [1.82, 2.24) is 10.2 Å². The van der Waals surface area contributed by atoms with Gasteiger partial charge in [0, 0.05) is 38.0 Å². The van der Waals surface area contributed by atoms with Crippen LogP contribution in [-0.2, 0) is 9.53 Å². The molecule has 1 saturated heterocycles. The number of urea groups is 1. The van der Waals surface area contributed by atoms with E-state index in [4.69, 9.17) is 4.74 Å². The number of carbonyl (C=O) groups is 3. The van der Waals surface area contributed by atoms with Crippen LogP contribution in [0.15, 0.2) is 24.3 Å². The standard InChI is InChI=1S/C18H25N3O5/c1-12-6-8-21(11-15(12)17(23)24)18(25)20-14-5-3-4-13(10-14)16(22)19-7-9-26-2/h3-5,10,12,15H,6-9,11H2,1-2H3,(H,19,22)(H,20,25)(H,23,24). The Balaban J connectivity index is 1.97. The van der Waals surface area contributed by atoms with E-state index in [1.54, 1.807) is 31.4 Å². The molecule has 2 rings (SSSR count). The van der Waals surface area contributed by atoms with Crippen LogP contribution in [0.2, 0.25) is 0 Å². The van der Waals surface area contributed by atoms with Gasteiger partial charge in [-0.3, -0.25) is 9.59 Å². The summed E-state index contributed by atoms with van der Waals surface area (Å²) in [4.78, 5) is 37.3. The number of likely N-dealkylation sites (tertiary alicyclic amines) is 1. The highest BCUT2D eigenvalue weighted by atomic mass is 16.5. The van der Waals surface area contributed by atoms with Gasteiger partial charge in [-0.05, 0) is 30.5 Å². The molecule has 1 aromatic rings. The van der Waals surface area contributed by atoms with E-state index in [-0.39, 0.29) is 24.4 Å². The summed E-state index contributed by atoms with van der Waals surface area (Å²) in [5.74, 6) is -1.66. The van der Waals surface area contributed by atoms with E-state index in [0.29, 0.717) is 37.4 Å². The smallest absolute Gasteiger partial charge is 0.321 e. The van der Waals surface area contributed by atoms with Crippen molar-refractivity contribution in [2.45, 2.75) is 13.3 Å². The first kappa shape index (κ1) is 19.7. The summed E-state index contributed by atoms with van der Waals surface area (Å²) in [6.07, 6.45) is 0.645. The monoisotopic (exact) mass is 363 g/mol. The molecule has 8 heteroatoms. The molecule has 8 nitrogen and oxygen atoms in total. The van der Waals surface area contributed by atoms with E-state index in [9.17, 15) is 19.5 Å². The van der Waals surface area contributed by atoms with Gasteiger partial charge in [-0.1, -0.05) is 13.0 Å². The van der Waals surface area contributed by atoms with Gasteiger partial charge in [-0.25, -0.2) is 4.79 Å². The number of nitrogens with zero attached hydrogens (tertiary/aromatic N) is 1. The molecule has 0 radical (unpaired) electrons. The van der Waals surface area contributed by atoms with Crippen molar-refractivity contribution in [2.24, 2.45) is 11.8 Å². The van der Waals surface area contributed by atoms with Crippen molar-refractivity contribution in [2.75, 3.05) is 38.7 Å². The van der Waals surface area contributed by atoms with Crippen LogP contribution in [0.25, 0.3) is 0 Å². The molecular weight excluding hydrogens is 338 g/mol. The van der Waals surface area contributed by atoms with Gasteiger partial charge < -0.3 is 25.4 Å². The minimum absolute atomic E-state index is 0.0377. The Labute approximate surface area is 152 Å². The minimum atomic E-state index is -0.885. The quantitative estimate of drug-likeness (QED) is 0.666. The van der Waals surface area contributed by atoms with Crippen LogP contribution in [0.5, 0.6) is 0 Å². The topological polar surface area (TPSA) is 108 Å². The van der Waals surface area contributed by atoms with E-state index in [1.165, 1.54) is 4.90 Å². The maximum atomic E-state index is 12.4. The van der Waals surface area contributed by atoms with E-state index in [0.717, 1.165) is 0 Å². The molecule has 3 N–H and O–H groups in total. The highest BCUT2D eigenvalue weighted by Gasteiger charge is 2.33. The molecule has 0 bridgehead atoms. The Morgan fingerprint density at radius 1 is 1.35 bits per heavy atom. The number of rotatable bonds is 6. The zero-order valence-corrected chi connectivity index (χ0v) is 15.0. The molecule has 0 aliphatic carbocycles. The Bertz CT molecular complexity index is 664. The predicted molar refractivity (Wildman–Crippen MR) is 96.1 cm³/mol. The number of piperidine rings is 1. The van der Waals surface area contributed by atoms with Crippen molar-refractivity contribution < 1.29 is 24.2 Å². The number of benzene rings is 1. The normalized spacial score (nSPS) is 19.7. The highest BCUT2D eigenvalue weighted by Crippen LogP contribution is 2.24. The molecule has 1 aliphatic heterocycles. The van der Waals surface area contributed by atoms with E-state index < -0.39 is 11.9 Å². The molecule has 2 atom stereocenters. The lowest BCUT2D eigenvalue weighted by Gasteiger charge is -2.34. The average molecular weight is 363 g/mol. The Hall–Kier alpha value is -2.61. The van der Waals surface area contributed by atoms with E-state index in [1.807, 2.05) is 6.92 Å². The highest BCUT2D eigenvalue weighted by molar-refractivity contribution is 5.97. The molecule has 1 aromatic carbocycles. The maximum Gasteiger partial charge on any atom is 0.321 e. The fourth-order valence-corrected chi connectivity index (χ4v) is 2.88. The molecule has 1 fully saturated rings. The predicted octanol–water partition coefficient (Wildman–Crippen LogP) is 1.64. The first-order valence-corrected chi connectivity index (χ1v) is 8.58. The summed E-state index contributed by atoms with van der Waals surface area (Å²) in [7, 11) is 1.55. The first-order chi connectivity index (χ1) is 12.4. The second-order valence-corrected chi connectivity index (χ2v) is 6.42. The van der Waals surface area contributed by atoms with Crippen molar-refractivity contribution in [3.8, 4) is 0 Å². The van der Waals surface area contributed by atoms with E-state index >= 15 is 0 Å². The molecule has 0 spiro atoms. The number of amides is 3. The SMILES string of the molecule is COCCNC(=O)c1cccc(NC(=O)N2CCC(C)C(C(=O)O)C2)c1. The van der Waals surface area contributed by atoms with Gasteiger partial charge in [0.2, 0.25) is 0 Å². The summed E-state index contributed by atoms with van der Waals surface area (Å²) in [6.45, 7) is 3.39. The number of hydrogen-bond donors (Lipinski definition) is 3. The Morgan fingerprint density at radius 3 is 2.81 bits per heavy atom. The van der Waals surface area contributed by atoms with Crippen LogP contribution in [0.4, 0.5) is 10.5 Å². The maximum absolute atomic E-state index is 12.4. The minimum Gasteiger partial charge on any atom is -0.481 e. The summed E-state index contributed by atoms with van der Waals surface area (Å²) in [6, 6.07) is 6.24. The van der Waals surface area contributed by atoms with Crippen LogP contribution in [0.1, 0.15) is 23.7 Å². The number of ether oxygens (including phenoxy) is 1. The van der Waals surface area contributed by atoms with Crippen LogP contribution in [-0.4, -0.2) is 61.3 Å². The third-order valence-electron chi connectivity index (χ3n) is 4.53. The van der Waals surface area contributed by atoms with Gasteiger partial charge in [0.15, 0.2) is 0 Å². The molecule has 1 aliphatic rings. The average Bonchev–Trinajstić information content (AvgIpc) is 2.62. The van der Waals surface area contributed by atoms with Gasteiger partial charge >= 0.3 is 12.0 Å². The second-order valence-electron chi connectivity index (χ2n) is 6.42. The number of carboxylic acid groups (broad SMARTS) is 1. The van der Waals surface area contributed by atoms with E-state index in [2.05, 4.69) is 10.6 Å². The molecule has 0 aromatic heterocycles. The lowest BCUT2D eigenvalue weighted by Crippen LogP contribution is -2.47. The van der Waals surface area contributed by atoms with Crippen LogP contribution in [0, 0.1) is 11.8 Å². The third-order valence-corrected chi connectivity index (χ3v) is 4.53. The zero-order chi connectivity index (χ0) is 19.1. The number of carboxylic acids is 1. The van der Waals surface area contributed by atoms with Crippen LogP contribution >= 0.6 is 0 Å². The van der Waals surface area contributed by atoms with Gasteiger partial charge in [0.1, 0.15) is 0 Å². The van der Waals surface area contributed by atoms with Crippen molar-refractivity contribution in [3.05, 3.63) is 29.8 Å². The Kier molecular flexibility index (Phi) is 6.97. The molecule has 0 saturated carbocycles. The summed E-state index contributed by atoms with van der Waals surface area (Å²) < 4.78 is 4.89. The van der Waals surface area contributed by atoms with Crippen molar-refractivity contribution in [3.63, 3.8) is 0 Å². The molecule has 3 amide bonds. The summed E-state index contributed by atoms with van der Waals surface area (Å²) in [5.41, 5.74) is 0.912. The van der Waals surface area contributed by atoms with Crippen molar-refractivity contribution in [1.29, 1.82) is 0 Å². The summed E-state index contributed by atoms with van der Waals surface area (Å²) >= 11 is 0. The number of anilines is 1. The number of nitrogens with one attached hydrogen (secondary N) is 2. The largest absolute Gasteiger partial charge is 0.481 e. The number of hydrogen-bond acceptors (Lipinski definition) is 4. The molecule has 2 unspecified atom stereocenters. The second kappa shape index (κ2) is 9.19. The number of methoxy groups -OCH3 is 1. The number of aliphatic carboxylic acids is 1. The number of carbonyl (C=O) groups excluding carboxylic acids is 2. The molecule has 26 heavy (non-hydrogen) atoms. The first-order valence-electron chi connectivity index (χ1n) is 8.58. The Morgan fingerprint density at radius 2 is 2.12 bits per heavy atom. The van der Waals surface area contributed by atoms with Crippen LogP contribution < -0.4 is 10.6 Å². The van der Waals surface area contributed by atoms with Gasteiger partial charge in [0.05, 0.1) is 12.5 Å². The fourth-order valence-electron chi connectivity index (χ4n) is 2.88. The van der Waals surface area contributed by atoms with Crippen molar-refractivity contribution >= 4 is 23.6 Å². The molecule has 142 valence electrons.